The number of carbonyl (C=O) groups excluding carboxylic acids is 1. The number of fused-ring (bicyclic) bond motifs is 1. The van der Waals surface area contributed by atoms with Crippen LogP contribution in [0.4, 0.5) is 11.4 Å². The molecule has 116 valence electrons. The van der Waals surface area contributed by atoms with Crippen molar-refractivity contribution in [2.45, 2.75) is 71.3 Å². The van der Waals surface area contributed by atoms with Crippen LogP contribution in [0.5, 0.6) is 0 Å². The summed E-state index contributed by atoms with van der Waals surface area (Å²) in [4.78, 5) is 12.1. The lowest BCUT2D eigenvalue weighted by Crippen LogP contribution is -2.24. The summed E-state index contributed by atoms with van der Waals surface area (Å²) in [6.07, 6.45) is 8.77. The molecule has 1 aromatic rings. The predicted octanol–water partition coefficient (Wildman–Crippen LogP) is 4.73. The molecule has 0 radical (unpaired) electrons. The molecule has 1 atom stereocenters. The van der Waals surface area contributed by atoms with Gasteiger partial charge in [-0.05, 0) is 37.8 Å². The number of para-hydroxylation sites is 1. The van der Waals surface area contributed by atoms with Gasteiger partial charge < -0.3 is 10.6 Å². The molecule has 0 saturated heterocycles. The van der Waals surface area contributed by atoms with Crippen molar-refractivity contribution in [3.63, 3.8) is 0 Å². The van der Waals surface area contributed by atoms with E-state index in [0.717, 1.165) is 37.1 Å². The topological polar surface area (TPSA) is 41.1 Å². The summed E-state index contributed by atoms with van der Waals surface area (Å²) in [7, 11) is 0. The number of anilines is 2. The molecule has 1 heterocycles. The molecule has 2 N–H and O–H groups in total. The standard InChI is InChI=1S/C18H28N2O/c1-3-4-5-6-7-11-17(21)20-16-10-8-9-15-13-12-14(2)19-18(15)16/h8-10,14,19H,3-7,11-13H2,1-2H3,(H,20,21). The summed E-state index contributed by atoms with van der Waals surface area (Å²) in [6.45, 7) is 4.40. The molecule has 1 unspecified atom stereocenters. The molecule has 1 aliphatic heterocycles. The first kappa shape index (κ1) is 15.9. The van der Waals surface area contributed by atoms with Crippen LogP contribution in [-0.4, -0.2) is 11.9 Å². The smallest absolute Gasteiger partial charge is 0.224 e. The van der Waals surface area contributed by atoms with Gasteiger partial charge in [0.15, 0.2) is 0 Å². The maximum Gasteiger partial charge on any atom is 0.224 e. The van der Waals surface area contributed by atoms with E-state index in [1.54, 1.807) is 0 Å². The van der Waals surface area contributed by atoms with Crippen LogP contribution in [-0.2, 0) is 11.2 Å². The SMILES string of the molecule is CCCCCCCC(=O)Nc1cccc2c1NC(C)CC2. The highest BCUT2D eigenvalue weighted by Crippen LogP contribution is 2.32. The molecule has 2 rings (SSSR count). The maximum absolute atomic E-state index is 12.1. The summed E-state index contributed by atoms with van der Waals surface area (Å²) < 4.78 is 0. The van der Waals surface area contributed by atoms with E-state index in [1.165, 1.54) is 24.8 Å². The summed E-state index contributed by atoms with van der Waals surface area (Å²) in [5, 5.41) is 6.58. The number of hydrogen-bond donors (Lipinski definition) is 2. The van der Waals surface area contributed by atoms with Gasteiger partial charge in [-0.3, -0.25) is 4.79 Å². The number of hydrogen-bond acceptors (Lipinski definition) is 2. The van der Waals surface area contributed by atoms with E-state index in [4.69, 9.17) is 0 Å². The molecule has 3 heteroatoms. The Labute approximate surface area is 128 Å². The molecular formula is C18H28N2O. The Balaban J connectivity index is 1.86. The fourth-order valence-corrected chi connectivity index (χ4v) is 2.88. The highest BCUT2D eigenvalue weighted by molar-refractivity contribution is 5.95. The zero-order valence-electron chi connectivity index (χ0n) is 13.4. The quantitative estimate of drug-likeness (QED) is 0.712. The van der Waals surface area contributed by atoms with E-state index in [2.05, 4.69) is 30.5 Å². The van der Waals surface area contributed by atoms with Crippen molar-refractivity contribution >= 4 is 17.3 Å². The van der Waals surface area contributed by atoms with Gasteiger partial charge in [0.1, 0.15) is 0 Å². The summed E-state index contributed by atoms with van der Waals surface area (Å²) in [5.74, 6) is 0.139. The van der Waals surface area contributed by atoms with Crippen LogP contribution in [0.1, 0.15) is 64.4 Å². The van der Waals surface area contributed by atoms with Crippen molar-refractivity contribution in [1.82, 2.24) is 0 Å². The highest BCUT2D eigenvalue weighted by Gasteiger charge is 2.17. The minimum Gasteiger partial charge on any atom is -0.381 e. The second-order valence-electron chi connectivity index (χ2n) is 6.14. The number of unbranched alkanes of at least 4 members (excludes halogenated alkanes) is 4. The van der Waals surface area contributed by atoms with Crippen LogP contribution in [0.15, 0.2) is 18.2 Å². The van der Waals surface area contributed by atoms with E-state index in [1.807, 2.05) is 12.1 Å². The number of rotatable bonds is 7. The molecule has 3 nitrogen and oxygen atoms in total. The van der Waals surface area contributed by atoms with Gasteiger partial charge in [0.2, 0.25) is 5.91 Å². The third-order valence-corrected chi connectivity index (χ3v) is 4.17. The van der Waals surface area contributed by atoms with Gasteiger partial charge in [-0.25, -0.2) is 0 Å². The Morgan fingerprint density at radius 1 is 1.29 bits per heavy atom. The lowest BCUT2D eigenvalue weighted by atomic mass is 9.98. The zero-order chi connectivity index (χ0) is 15.1. The molecule has 0 aliphatic carbocycles. The monoisotopic (exact) mass is 288 g/mol. The second-order valence-corrected chi connectivity index (χ2v) is 6.14. The zero-order valence-corrected chi connectivity index (χ0v) is 13.4. The van der Waals surface area contributed by atoms with E-state index in [9.17, 15) is 4.79 Å². The fourth-order valence-electron chi connectivity index (χ4n) is 2.88. The van der Waals surface area contributed by atoms with Crippen molar-refractivity contribution in [1.29, 1.82) is 0 Å². The average Bonchev–Trinajstić information content (AvgIpc) is 2.48. The first-order valence-electron chi connectivity index (χ1n) is 8.39. The molecule has 1 aromatic carbocycles. The van der Waals surface area contributed by atoms with Crippen molar-refractivity contribution in [3.8, 4) is 0 Å². The first-order valence-corrected chi connectivity index (χ1v) is 8.39. The van der Waals surface area contributed by atoms with Crippen molar-refractivity contribution in [3.05, 3.63) is 23.8 Å². The number of aryl methyl sites for hydroxylation is 1. The molecule has 21 heavy (non-hydrogen) atoms. The Bertz CT molecular complexity index is 470. The highest BCUT2D eigenvalue weighted by atomic mass is 16.1. The van der Waals surface area contributed by atoms with Gasteiger partial charge in [0.05, 0.1) is 11.4 Å². The van der Waals surface area contributed by atoms with Crippen LogP contribution in [0.25, 0.3) is 0 Å². The van der Waals surface area contributed by atoms with Gasteiger partial charge in [0, 0.05) is 12.5 Å². The minimum atomic E-state index is 0.139. The Morgan fingerprint density at radius 3 is 2.90 bits per heavy atom. The number of amides is 1. The lowest BCUT2D eigenvalue weighted by Gasteiger charge is -2.26. The summed E-state index contributed by atoms with van der Waals surface area (Å²) in [5.41, 5.74) is 3.38. The number of nitrogens with one attached hydrogen (secondary N) is 2. The van der Waals surface area contributed by atoms with Crippen LogP contribution in [0.2, 0.25) is 0 Å². The van der Waals surface area contributed by atoms with Crippen molar-refractivity contribution in [2.24, 2.45) is 0 Å². The maximum atomic E-state index is 12.1. The molecule has 0 spiro atoms. The van der Waals surface area contributed by atoms with Crippen LogP contribution in [0.3, 0.4) is 0 Å². The normalized spacial score (nSPS) is 17.0. The van der Waals surface area contributed by atoms with Crippen LogP contribution >= 0.6 is 0 Å². The first-order chi connectivity index (χ1) is 10.2. The fraction of sp³-hybridized carbons (Fsp3) is 0.611. The average molecular weight is 288 g/mol. The number of benzene rings is 1. The molecule has 0 fully saturated rings. The molecular weight excluding hydrogens is 260 g/mol. The predicted molar refractivity (Wildman–Crippen MR) is 89.9 cm³/mol. The molecule has 0 bridgehead atoms. The third kappa shape index (κ3) is 4.76. The second kappa shape index (κ2) is 8.06. The van der Waals surface area contributed by atoms with E-state index >= 15 is 0 Å². The largest absolute Gasteiger partial charge is 0.381 e. The van der Waals surface area contributed by atoms with E-state index in [-0.39, 0.29) is 5.91 Å². The minimum absolute atomic E-state index is 0.139. The Hall–Kier alpha value is -1.51. The van der Waals surface area contributed by atoms with Crippen LogP contribution < -0.4 is 10.6 Å². The van der Waals surface area contributed by atoms with Gasteiger partial charge in [-0.1, -0.05) is 44.7 Å². The lowest BCUT2D eigenvalue weighted by molar-refractivity contribution is -0.116. The van der Waals surface area contributed by atoms with Gasteiger partial charge in [0.25, 0.3) is 0 Å². The Kier molecular flexibility index (Phi) is 6.09. The van der Waals surface area contributed by atoms with Gasteiger partial charge in [-0.2, -0.15) is 0 Å². The van der Waals surface area contributed by atoms with Crippen LogP contribution in [0, 0.1) is 0 Å². The third-order valence-electron chi connectivity index (χ3n) is 4.17. The molecule has 0 aromatic heterocycles. The Morgan fingerprint density at radius 2 is 2.10 bits per heavy atom. The molecule has 0 saturated carbocycles. The van der Waals surface area contributed by atoms with Gasteiger partial charge >= 0.3 is 0 Å². The van der Waals surface area contributed by atoms with E-state index < -0.39 is 0 Å². The molecule has 1 aliphatic rings. The van der Waals surface area contributed by atoms with Crippen molar-refractivity contribution in [2.75, 3.05) is 10.6 Å². The summed E-state index contributed by atoms with van der Waals surface area (Å²) in [6, 6.07) is 6.66. The van der Waals surface area contributed by atoms with E-state index in [0.29, 0.717) is 12.5 Å². The molecule has 1 amide bonds. The van der Waals surface area contributed by atoms with Crippen molar-refractivity contribution < 1.29 is 4.79 Å². The number of carbonyl (C=O) groups is 1. The van der Waals surface area contributed by atoms with Gasteiger partial charge in [-0.15, -0.1) is 0 Å². The summed E-state index contributed by atoms with van der Waals surface area (Å²) >= 11 is 0.